The number of ether oxygens (including phenoxy) is 2. The molecule has 0 amide bonds. The van der Waals surface area contributed by atoms with Gasteiger partial charge < -0.3 is 9.47 Å². The summed E-state index contributed by atoms with van der Waals surface area (Å²) in [6.07, 6.45) is -3.42. The highest BCUT2D eigenvalue weighted by molar-refractivity contribution is 7.98. The van der Waals surface area contributed by atoms with Gasteiger partial charge in [0.15, 0.2) is 6.61 Å². The van der Waals surface area contributed by atoms with E-state index < -0.39 is 12.8 Å². The highest BCUT2D eigenvalue weighted by atomic mass is 32.2. The van der Waals surface area contributed by atoms with Gasteiger partial charge >= 0.3 is 6.18 Å². The Morgan fingerprint density at radius 2 is 1.50 bits per heavy atom. The molecule has 0 N–H and O–H groups in total. The normalized spacial score (nSPS) is 13.4. The van der Waals surface area contributed by atoms with Crippen LogP contribution < -0.4 is 9.47 Å². The van der Waals surface area contributed by atoms with Crippen LogP contribution in [0.25, 0.3) is 0 Å². The second-order valence-corrected chi connectivity index (χ2v) is 8.88. The predicted octanol–water partition coefficient (Wildman–Crippen LogP) is 8.02. The summed E-state index contributed by atoms with van der Waals surface area (Å²) in [5, 5.41) is 0. The Morgan fingerprint density at radius 1 is 0.812 bits per heavy atom. The lowest BCUT2D eigenvalue weighted by atomic mass is 9.82. The van der Waals surface area contributed by atoms with Crippen molar-refractivity contribution in [2.75, 3.05) is 12.4 Å². The van der Waals surface area contributed by atoms with Gasteiger partial charge in [0, 0.05) is 16.9 Å². The van der Waals surface area contributed by atoms with Crippen LogP contribution >= 0.6 is 11.8 Å². The highest BCUT2D eigenvalue weighted by Gasteiger charge is 2.29. The Morgan fingerprint density at radius 3 is 2.16 bits per heavy atom. The van der Waals surface area contributed by atoms with Gasteiger partial charge in [0.05, 0.1) is 0 Å². The number of rotatable bonds is 10. The number of hydrogen-bond donors (Lipinski definition) is 0. The van der Waals surface area contributed by atoms with Gasteiger partial charge in [-0.25, -0.2) is 0 Å². The summed E-state index contributed by atoms with van der Waals surface area (Å²) < 4.78 is 47.8. The fourth-order valence-corrected chi connectivity index (χ4v) is 4.56. The molecule has 0 bridgehead atoms. The van der Waals surface area contributed by atoms with E-state index >= 15 is 0 Å². The second-order valence-electron chi connectivity index (χ2n) is 7.90. The van der Waals surface area contributed by atoms with E-state index in [1.165, 1.54) is 5.56 Å². The Kier molecular flexibility index (Phi) is 8.13. The van der Waals surface area contributed by atoms with Crippen molar-refractivity contribution in [1.29, 1.82) is 0 Å². The quantitative estimate of drug-likeness (QED) is 0.305. The molecule has 0 aromatic heterocycles. The molecule has 3 aromatic carbocycles. The maximum Gasteiger partial charge on any atom is 0.422 e. The highest BCUT2D eigenvalue weighted by Crippen LogP contribution is 2.34. The number of halogens is 3. The fraction of sp³-hybridized carbons (Fsp3) is 0.308. The number of para-hydroxylation sites is 1. The van der Waals surface area contributed by atoms with E-state index in [2.05, 4.69) is 26.0 Å². The molecule has 0 aliphatic heterocycles. The monoisotopic (exact) mass is 460 g/mol. The molecular formula is C26H27F3O2S. The van der Waals surface area contributed by atoms with Gasteiger partial charge in [-0.05, 0) is 53.9 Å². The molecular weight excluding hydrogens is 433 g/mol. The molecule has 0 fully saturated rings. The second kappa shape index (κ2) is 10.8. The van der Waals surface area contributed by atoms with Gasteiger partial charge in [-0.15, -0.1) is 0 Å². The van der Waals surface area contributed by atoms with Crippen LogP contribution in [0.2, 0.25) is 0 Å². The van der Waals surface area contributed by atoms with Gasteiger partial charge in [-0.2, -0.15) is 24.9 Å². The van der Waals surface area contributed by atoms with Gasteiger partial charge in [0.1, 0.15) is 17.2 Å². The maximum atomic E-state index is 12.3. The number of alkyl halides is 3. The summed E-state index contributed by atoms with van der Waals surface area (Å²) in [5.41, 5.74) is 2.18. The fourth-order valence-electron chi connectivity index (χ4n) is 3.23. The molecule has 1 atom stereocenters. The molecule has 170 valence electrons. The summed E-state index contributed by atoms with van der Waals surface area (Å²) in [6.45, 7) is 3.03. The third-order valence-corrected chi connectivity index (χ3v) is 6.68. The average molecular weight is 461 g/mol. The average Bonchev–Trinajstić information content (AvgIpc) is 2.78. The van der Waals surface area contributed by atoms with Crippen molar-refractivity contribution in [3.05, 3.63) is 90.0 Å². The minimum absolute atomic E-state index is 0.0919. The summed E-state index contributed by atoms with van der Waals surface area (Å²) in [6, 6.07) is 24.7. The van der Waals surface area contributed by atoms with E-state index in [0.29, 0.717) is 0 Å². The van der Waals surface area contributed by atoms with Crippen LogP contribution in [-0.2, 0) is 11.2 Å². The first-order valence-corrected chi connectivity index (χ1v) is 11.6. The van der Waals surface area contributed by atoms with Crippen molar-refractivity contribution >= 4 is 11.8 Å². The minimum Gasteiger partial charge on any atom is -0.484 e. The third-order valence-electron chi connectivity index (χ3n) is 5.30. The minimum atomic E-state index is -4.34. The summed E-state index contributed by atoms with van der Waals surface area (Å²) >= 11 is 1.83. The molecule has 0 saturated carbocycles. The zero-order chi connectivity index (χ0) is 23.0. The van der Waals surface area contributed by atoms with Crippen molar-refractivity contribution in [2.24, 2.45) is 0 Å². The standard InChI is InChI=1S/C26H27F3O2S/c1-3-25(2,21-12-14-22(15-13-21)30-18-26(27,28)29)19-32-17-20-8-7-11-24(16-20)31-23-9-5-4-6-10-23/h4-16H,3,17-19H2,1-2H3. The van der Waals surface area contributed by atoms with Crippen LogP contribution in [0.4, 0.5) is 13.2 Å². The van der Waals surface area contributed by atoms with E-state index in [0.717, 1.165) is 35.0 Å². The molecule has 2 nitrogen and oxygen atoms in total. The third kappa shape index (κ3) is 7.23. The Labute approximate surface area is 191 Å². The number of hydrogen-bond acceptors (Lipinski definition) is 3. The van der Waals surface area contributed by atoms with Gasteiger partial charge in [-0.1, -0.05) is 56.3 Å². The van der Waals surface area contributed by atoms with Crippen molar-refractivity contribution < 1.29 is 22.6 Å². The predicted molar refractivity (Wildman–Crippen MR) is 125 cm³/mol. The molecule has 6 heteroatoms. The molecule has 3 aromatic rings. The Hall–Kier alpha value is -2.60. The lowest BCUT2D eigenvalue weighted by molar-refractivity contribution is -0.153. The molecule has 0 saturated heterocycles. The van der Waals surface area contributed by atoms with Gasteiger partial charge in [0.25, 0.3) is 0 Å². The van der Waals surface area contributed by atoms with Crippen molar-refractivity contribution in [3.8, 4) is 17.2 Å². The van der Waals surface area contributed by atoms with Crippen LogP contribution in [0.5, 0.6) is 17.2 Å². The summed E-state index contributed by atoms with van der Waals surface area (Å²) in [7, 11) is 0. The number of benzene rings is 3. The van der Waals surface area contributed by atoms with Gasteiger partial charge in [-0.3, -0.25) is 0 Å². The van der Waals surface area contributed by atoms with E-state index in [4.69, 9.17) is 9.47 Å². The van der Waals surface area contributed by atoms with E-state index in [-0.39, 0.29) is 11.2 Å². The summed E-state index contributed by atoms with van der Waals surface area (Å²) in [5.74, 6) is 3.57. The molecule has 0 heterocycles. The molecule has 32 heavy (non-hydrogen) atoms. The SMILES string of the molecule is CCC(C)(CSCc1cccc(Oc2ccccc2)c1)c1ccc(OCC(F)(F)F)cc1. The molecule has 0 spiro atoms. The Balaban J connectivity index is 1.57. The van der Waals surface area contributed by atoms with E-state index in [1.54, 1.807) is 12.1 Å². The van der Waals surface area contributed by atoms with Crippen molar-refractivity contribution in [3.63, 3.8) is 0 Å². The van der Waals surface area contributed by atoms with Gasteiger partial charge in [0.2, 0.25) is 0 Å². The maximum absolute atomic E-state index is 12.3. The molecule has 0 aliphatic carbocycles. The molecule has 0 aliphatic rings. The first kappa shape index (κ1) is 24.1. The molecule has 1 unspecified atom stereocenters. The topological polar surface area (TPSA) is 18.5 Å². The van der Waals surface area contributed by atoms with Crippen LogP contribution in [0.3, 0.4) is 0 Å². The smallest absolute Gasteiger partial charge is 0.422 e. The number of thioether (sulfide) groups is 1. The van der Waals surface area contributed by atoms with E-state index in [9.17, 15) is 13.2 Å². The first-order valence-electron chi connectivity index (χ1n) is 10.5. The van der Waals surface area contributed by atoms with Crippen LogP contribution in [0.15, 0.2) is 78.9 Å². The zero-order valence-electron chi connectivity index (χ0n) is 18.2. The molecule has 3 rings (SSSR count). The van der Waals surface area contributed by atoms with Crippen molar-refractivity contribution in [1.82, 2.24) is 0 Å². The lowest BCUT2D eigenvalue weighted by Crippen LogP contribution is -2.24. The van der Waals surface area contributed by atoms with Crippen LogP contribution in [-0.4, -0.2) is 18.5 Å². The first-order chi connectivity index (χ1) is 15.3. The zero-order valence-corrected chi connectivity index (χ0v) is 19.0. The van der Waals surface area contributed by atoms with Crippen molar-refractivity contribution in [2.45, 2.75) is 37.6 Å². The summed E-state index contributed by atoms with van der Waals surface area (Å²) in [4.78, 5) is 0. The van der Waals surface area contributed by atoms with E-state index in [1.807, 2.05) is 66.4 Å². The largest absolute Gasteiger partial charge is 0.484 e. The lowest BCUT2D eigenvalue weighted by Gasteiger charge is -2.29. The Bertz CT molecular complexity index is 974. The van der Waals surface area contributed by atoms with Crippen LogP contribution in [0.1, 0.15) is 31.4 Å². The molecule has 0 radical (unpaired) electrons. The van der Waals surface area contributed by atoms with Crippen LogP contribution in [0, 0.1) is 0 Å².